The number of hydrogen-bond acceptors (Lipinski definition) is 4. The molecule has 0 atom stereocenters. The number of ether oxygens (including phenoxy) is 2. The average molecular weight is 264 g/mol. The first-order valence-corrected chi connectivity index (χ1v) is 7.01. The predicted molar refractivity (Wildman–Crippen MR) is 76.3 cm³/mol. The second kappa shape index (κ2) is 6.26. The van der Waals surface area contributed by atoms with E-state index in [0.717, 1.165) is 57.0 Å². The summed E-state index contributed by atoms with van der Waals surface area (Å²) in [6, 6.07) is 0. The second-order valence-electron chi connectivity index (χ2n) is 4.99. The summed E-state index contributed by atoms with van der Waals surface area (Å²) in [6.07, 6.45) is 8.57. The zero-order valence-corrected chi connectivity index (χ0v) is 11.7. The SMILES string of the molecule is C=C/C(=C\C=C(\N)CC)N1CCC2(CC1)OCCO2. The summed E-state index contributed by atoms with van der Waals surface area (Å²) in [6.45, 7) is 9.24. The van der Waals surface area contributed by atoms with Crippen molar-refractivity contribution in [2.24, 2.45) is 5.73 Å². The Kier molecular flexibility index (Phi) is 4.66. The average Bonchev–Trinajstić information content (AvgIpc) is 2.89. The van der Waals surface area contributed by atoms with Gasteiger partial charge in [0.05, 0.1) is 13.2 Å². The topological polar surface area (TPSA) is 47.7 Å². The minimum absolute atomic E-state index is 0.318. The molecule has 2 N–H and O–H groups in total. The van der Waals surface area contributed by atoms with Gasteiger partial charge < -0.3 is 20.1 Å². The van der Waals surface area contributed by atoms with Gasteiger partial charge in [0, 0.05) is 37.3 Å². The van der Waals surface area contributed by atoms with Crippen LogP contribution in [0.1, 0.15) is 26.2 Å². The van der Waals surface area contributed by atoms with Gasteiger partial charge in [0.1, 0.15) is 0 Å². The van der Waals surface area contributed by atoms with E-state index in [1.54, 1.807) is 0 Å². The summed E-state index contributed by atoms with van der Waals surface area (Å²) in [5, 5.41) is 0. The Hall–Kier alpha value is -1.26. The summed E-state index contributed by atoms with van der Waals surface area (Å²) < 4.78 is 11.5. The molecule has 0 aromatic heterocycles. The van der Waals surface area contributed by atoms with Crippen LogP contribution in [-0.2, 0) is 9.47 Å². The van der Waals surface area contributed by atoms with E-state index in [2.05, 4.69) is 11.5 Å². The van der Waals surface area contributed by atoms with Gasteiger partial charge in [-0.2, -0.15) is 0 Å². The lowest BCUT2D eigenvalue weighted by atomic mass is 10.0. The van der Waals surface area contributed by atoms with Crippen LogP contribution in [0, 0.1) is 0 Å². The van der Waals surface area contributed by atoms with Gasteiger partial charge in [-0.3, -0.25) is 0 Å². The molecule has 19 heavy (non-hydrogen) atoms. The molecule has 2 aliphatic heterocycles. The van der Waals surface area contributed by atoms with Gasteiger partial charge in [-0.1, -0.05) is 13.5 Å². The van der Waals surface area contributed by atoms with E-state index in [9.17, 15) is 0 Å². The summed E-state index contributed by atoms with van der Waals surface area (Å²) in [4.78, 5) is 2.31. The highest BCUT2D eigenvalue weighted by molar-refractivity contribution is 5.23. The van der Waals surface area contributed by atoms with Crippen molar-refractivity contribution < 1.29 is 9.47 Å². The van der Waals surface area contributed by atoms with E-state index in [0.29, 0.717) is 0 Å². The highest BCUT2D eigenvalue weighted by Crippen LogP contribution is 2.32. The fraction of sp³-hybridized carbons (Fsp3) is 0.600. The first kappa shape index (κ1) is 14.2. The van der Waals surface area contributed by atoms with E-state index in [1.807, 2.05) is 25.2 Å². The molecule has 4 nitrogen and oxygen atoms in total. The monoisotopic (exact) mass is 264 g/mol. The molecule has 0 radical (unpaired) electrons. The summed E-state index contributed by atoms with van der Waals surface area (Å²) in [5.41, 5.74) is 7.82. The maximum absolute atomic E-state index is 5.82. The molecule has 0 unspecified atom stereocenters. The number of rotatable bonds is 4. The third-order valence-corrected chi connectivity index (χ3v) is 3.79. The summed E-state index contributed by atoms with van der Waals surface area (Å²) in [7, 11) is 0. The van der Waals surface area contributed by atoms with Crippen molar-refractivity contribution in [3.63, 3.8) is 0 Å². The van der Waals surface area contributed by atoms with Crippen LogP contribution < -0.4 is 5.73 Å². The molecule has 0 aliphatic carbocycles. The Morgan fingerprint density at radius 3 is 2.42 bits per heavy atom. The highest BCUT2D eigenvalue weighted by atomic mass is 16.7. The zero-order valence-electron chi connectivity index (χ0n) is 11.7. The third kappa shape index (κ3) is 3.39. The van der Waals surface area contributed by atoms with E-state index in [1.165, 1.54) is 0 Å². The minimum atomic E-state index is -0.318. The molecule has 2 saturated heterocycles. The molecule has 0 aromatic rings. The Labute approximate surface area is 115 Å². The molecule has 2 rings (SSSR count). The molecule has 0 amide bonds. The van der Waals surface area contributed by atoms with Crippen molar-refractivity contribution in [3.8, 4) is 0 Å². The lowest BCUT2D eigenvalue weighted by Crippen LogP contribution is -2.44. The van der Waals surface area contributed by atoms with Crippen LogP contribution in [0.4, 0.5) is 0 Å². The van der Waals surface area contributed by atoms with Crippen LogP contribution in [-0.4, -0.2) is 37.0 Å². The van der Waals surface area contributed by atoms with Crippen LogP contribution in [0.25, 0.3) is 0 Å². The van der Waals surface area contributed by atoms with Gasteiger partial charge in [0.25, 0.3) is 0 Å². The molecule has 0 bridgehead atoms. The fourth-order valence-electron chi connectivity index (χ4n) is 2.50. The molecule has 2 heterocycles. The molecule has 106 valence electrons. The van der Waals surface area contributed by atoms with Gasteiger partial charge >= 0.3 is 0 Å². The molecule has 4 heteroatoms. The van der Waals surface area contributed by atoms with Crippen LogP contribution in [0.3, 0.4) is 0 Å². The quantitative estimate of drug-likeness (QED) is 0.790. The van der Waals surface area contributed by atoms with Crippen molar-refractivity contribution in [1.29, 1.82) is 0 Å². The number of likely N-dealkylation sites (tertiary alicyclic amines) is 1. The van der Waals surface area contributed by atoms with Gasteiger partial charge in [0.15, 0.2) is 5.79 Å². The minimum Gasteiger partial charge on any atom is -0.402 e. The van der Waals surface area contributed by atoms with Gasteiger partial charge in [-0.15, -0.1) is 0 Å². The highest BCUT2D eigenvalue weighted by Gasteiger charge is 2.39. The smallest absolute Gasteiger partial charge is 0.171 e. The summed E-state index contributed by atoms with van der Waals surface area (Å²) >= 11 is 0. The molecule has 1 spiro atoms. The van der Waals surface area contributed by atoms with Crippen LogP contribution in [0.15, 0.2) is 36.2 Å². The molecular formula is C15H24N2O2. The van der Waals surface area contributed by atoms with Gasteiger partial charge in [0.2, 0.25) is 0 Å². The van der Waals surface area contributed by atoms with Crippen LogP contribution in [0.2, 0.25) is 0 Å². The molecular weight excluding hydrogens is 240 g/mol. The van der Waals surface area contributed by atoms with Crippen molar-refractivity contribution in [1.82, 2.24) is 4.90 Å². The first-order valence-electron chi connectivity index (χ1n) is 7.01. The number of piperidine rings is 1. The maximum Gasteiger partial charge on any atom is 0.171 e. The number of hydrogen-bond donors (Lipinski definition) is 1. The fourth-order valence-corrected chi connectivity index (χ4v) is 2.50. The number of nitrogens with two attached hydrogens (primary N) is 1. The van der Waals surface area contributed by atoms with Gasteiger partial charge in [-0.25, -0.2) is 0 Å². The lowest BCUT2D eigenvalue weighted by Gasteiger charge is -2.39. The molecule has 2 fully saturated rings. The Bertz CT molecular complexity index is 372. The maximum atomic E-state index is 5.82. The van der Waals surface area contributed by atoms with Crippen molar-refractivity contribution in [2.45, 2.75) is 32.0 Å². The van der Waals surface area contributed by atoms with Crippen molar-refractivity contribution in [2.75, 3.05) is 26.3 Å². The van der Waals surface area contributed by atoms with Crippen LogP contribution >= 0.6 is 0 Å². The van der Waals surface area contributed by atoms with Crippen molar-refractivity contribution in [3.05, 3.63) is 36.2 Å². The van der Waals surface area contributed by atoms with Crippen LogP contribution in [0.5, 0.6) is 0 Å². The first-order chi connectivity index (χ1) is 9.19. The Morgan fingerprint density at radius 2 is 1.89 bits per heavy atom. The van der Waals surface area contributed by atoms with Gasteiger partial charge in [-0.05, 0) is 24.6 Å². The molecule has 0 aromatic carbocycles. The second-order valence-corrected chi connectivity index (χ2v) is 4.99. The number of nitrogens with zero attached hydrogens (tertiary/aromatic N) is 1. The van der Waals surface area contributed by atoms with E-state index >= 15 is 0 Å². The largest absolute Gasteiger partial charge is 0.402 e. The van der Waals surface area contributed by atoms with E-state index in [4.69, 9.17) is 15.2 Å². The lowest BCUT2D eigenvalue weighted by molar-refractivity contribution is -0.182. The third-order valence-electron chi connectivity index (χ3n) is 3.79. The Morgan fingerprint density at radius 1 is 1.26 bits per heavy atom. The van der Waals surface area contributed by atoms with E-state index < -0.39 is 0 Å². The normalized spacial score (nSPS) is 23.9. The number of allylic oxidation sites excluding steroid dienone is 4. The standard InChI is InChI=1S/C15H24N2O2/c1-3-13(16)5-6-14(4-2)17-9-7-15(8-10-17)18-11-12-19-15/h4-6H,2-3,7-12,16H2,1H3/b13-5+,14-6+. The summed E-state index contributed by atoms with van der Waals surface area (Å²) in [5.74, 6) is -0.318. The Balaban J connectivity index is 1.96. The van der Waals surface area contributed by atoms with Crippen molar-refractivity contribution >= 4 is 0 Å². The molecule has 0 saturated carbocycles. The zero-order chi connectivity index (χ0) is 13.7. The van der Waals surface area contributed by atoms with E-state index in [-0.39, 0.29) is 5.79 Å². The molecule has 2 aliphatic rings. The predicted octanol–water partition coefficient (Wildman–Crippen LogP) is 2.15.